The van der Waals surface area contributed by atoms with Gasteiger partial charge in [-0.05, 0) is 18.1 Å². The Bertz CT molecular complexity index is 1170. The maximum Gasteiger partial charge on any atom is 0.408 e. The summed E-state index contributed by atoms with van der Waals surface area (Å²) < 4.78 is 5.16. The van der Waals surface area contributed by atoms with Crippen LogP contribution in [0.25, 0.3) is 0 Å². The fourth-order valence-electron chi connectivity index (χ4n) is 3.47. The molecule has 11 heteroatoms. The molecule has 0 fully saturated rings. The number of hydrogen-bond donors (Lipinski definition) is 5. The third-order valence-electron chi connectivity index (χ3n) is 5.49. The maximum absolute atomic E-state index is 13.2. The van der Waals surface area contributed by atoms with Crippen molar-refractivity contribution >= 4 is 23.8 Å². The van der Waals surface area contributed by atoms with Gasteiger partial charge in [0.25, 0.3) is 0 Å². The van der Waals surface area contributed by atoms with Gasteiger partial charge in [-0.25, -0.2) is 9.78 Å². The number of carbonyl (C=O) groups excluding carboxylic acids is 4. The molecule has 0 spiro atoms. The van der Waals surface area contributed by atoms with Crippen LogP contribution in [0.4, 0.5) is 4.79 Å². The minimum Gasteiger partial charge on any atom is -0.445 e. The number of ether oxygens (including phenoxy) is 1. The molecular weight excluding hydrogens is 476 g/mol. The first-order chi connectivity index (χ1) is 17.8. The molecule has 6 N–H and O–H groups in total. The minimum atomic E-state index is -1.04. The molecule has 1 aromatic heterocycles. The molecular formula is C26H30N6O5. The van der Waals surface area contributed by atoms with E-state index in [1.165, 1.54) is 19.4 Å². The molecule has 0 unspecified atom stereocenters. The van der Waals surface area contributed by atoms with Crippen molar-refractivity contribution in [3.63, 3.8) is 0 Å². The Morgan fingerprint density at radius 2 is 1.49 bits per heavy atom. The molecule has 1 heterocycles. The number of imidazole rings is 1. The van der Waals surface area contributed by atoms with Crippen LogP contribution in [0.5, 0.6) is 0 Å². The van der Waals surface area contributed by atoms with Crippen LogP contribution in [-0.4, -0.2) is 51.9 Å². The Morgan fingerprint density at radius 1 is 0.865 bits per heavy atom. The SMILES string of the molecule is C[C@H](NC(=O)OCc1ccccc1)C(=O)N[C@@H](Cc1ccccc1)C(=O)N[C@@H](Cc1cnc[nH]1)C(N)=O. The quantitative estimate of drug-likeness (QED) is 0.245. The number of aromatic nitrogens is 2. The summed E-state index contributed by atoms with van der Waals surface area (Å²) in [4.78, 5) is 56.9. The number of rotatable bonds is 12. The number of nitrogens with one attached hydrogen (secondary N) is 4. The predicted molar refractivity (Wildman–Crippen MR) is 135 cm³/mol. The smallest absolute Gasteiger partial charge is 0.408 e. The number of hydrogen-bond acceptors (Lipinski definition) is 6. The van der Waals surface area contributed by atoms with E-state index in [2.05, 4.69) is 25.9 Å². The van der Waals surface area contributed by atoms with E-state index < -0.39 is 41.9 Å². The third kappa shape index (κ3) is 8.80. The van der Waals surface area contributed by atoms with E-state index in [-0.39, 0.29) is 19.4 Å². The highest BCUT2D eigenvalue weighted by Crippen LogP contribution is 2.06. The van der Waals surface area contributed by atoms with Gasteiger partial charge in [0, 0.05) is 24.7 Å². The normalized spacial score (nSPS) is 13.0. The summed E-state index contributed by atoms with van der Waals surface area (Å²) in [5.41, 5.74) is 7.69. The molecule has 0 radical (unpaired) electrons. The van der Waals surface area contributed by atoms with Crippen molar-refractivity contribution in [2.75, 3.05) is 0 Å². The zero-order valence-corrected chi connectivity index (χ0v) is 20.3. The van der Waals surface area contributed by atoms with Gasteiger partial charge in [-0.3, -0.25) is 14.4 Å². The summed E-state index contributed by atoms with van der Waals surface area (Å²) in [6.45, 7) is 1.52. The Hall–Kier alpha value is -4.67. The second kappa shape index (κ2) is 13.4. The molecule has 194 valence electrons. The van der Waals surface area contributed by atoms with Crippen LogP contribution in [0.3, 0.4) is 0 Å². The number of aromatic amines is 1. The van der Waals surface area contributed by atoms with Crippen molar-refractivity contribution in [3.05, 3.63) is 90.0 Å². The Morgan fingerprint density at radius 3 is 2.08 bits per heavy atom. The van der Waals surface area contributed by atoms with Crippen LogP contribution in [0.1, 0.15) is 23.7 Å². The molecule has 0 aliphatic rings. The summed E-state index contributed by atoms with van der Waals surface area (Å²) in [6.07, 6.45) is 2.46. The van der Waals surface area contributed by atoms with E-state index in [9.17, 15) is 19.2 Å². The molecule has 3 rings (SSSR count). The molecule has 2 aromatic carbocycles. The topological polar surface area (TPSA) is 168 Å². The number of nitrogens with zero attached hydrogens (tertiary/aromatic N) is 1. The highest BCUT2D eigenvalue weighted by molar-refractivity contribution is 5.93. The van der Waals surface area contributed by atoms with Gasteiger partial charge >= 0.3 is 6.09 Å². The molecule has 3 atom stereocenters. The number of amides is 4. The van der Waals surface area contributed by atoms with Crippen LogP contribution in [-0.2, 0) is 38.6 Å². The van der Waals surface area contributed by atoms with E-state index in [1.807, 2.05) is 60.7 Å². The van der Waals surface area contributed by atoms with Gasteiger partial charge in [0.1, 0.15) is 24.7 Å². The van der Waals surface area contributed by atoms with Crippen molar-refractivity contribution in [3.8, 4) is 0 Å². The average molecular weight is 507 g/mol. The Labute approximate surface area is 214 Å². The lowest BCUT2D eigenvalue weighted by Gasteiger charge is -2.23. The molecule has 0 bridgehead atoms. The second-order valence-corrected chi connectivity index (χ2v) is 8.42. The lowest BCUT2D eigenvalue weighted by atomic mass is 10.0. The molecule has 0 saturated heterocycles. The fourth-order valence-corrected chi connectivity index (χ4v) is 3.47. The number of alkyl carbamates (subject to hydrolysis) is 1. The number of H-pyrrole nitrogens is 1. The van der Waals surface area contributed by atoms with E-state index in [0.717, 1.165) is 11.1 Å². The van der Waals surface area contributed by atoms with Gasteiger partial charge in [-0.2, -0.15) is 0 Å². The van der Waals surface area contributed by atoms with Crippen LogP contribution in [0.2, 0.25) is 0 Å². The first-order valence-corrected chi connectivity index (χ1v) is 11.7. The van der Waals surface area contributed by atoms with Crippen molar-refractivity contribution in [1.82, 2.24) is 25.9 Å². The van der Waals surface area contributed by atoms with E-state index in [0.29, 0.717) is 5.69 Å². The first kappa shape index (κ1) is 26.9. The lowest BCUT2D eigenvalue weighted by Crippen LogP contribution is -2.57. The van der Waals surface area contributed by atoms with Crippen LogP contribution >= 0.6 is 0 Å². The first-order valence-electron chi connectivity index (χ1n) is 11.7. The van der Waals surface area contributed by atoms with Gasteiger partial charge in [-0.1, -0.05) is 60.7 Å². The zero-order valence-electron chi connectivity index (χ0n) is 20.3. The van der Waals surface area contributed by atoms with Gasteiger partial charge in [0.05, 0.1) is 6.33 Å². The van der Waals surface area contributed by atoms with Gasteiger partial charge in [0.2, 0.25) is 17.7 Å². The van der Waals surface area contributed by atoms with Gasteiger partial charge in [-0.15, -0.1) is 0 Å². The number of carbonyl (C=O) groups is 4. The van der Waals surface area contributed by atoms with Crippen LogP contribution in [0, 0.1) is 0 Å². The molecule has 0 saturated carbocycles. The molecule has 4 amide bonds. The number of benzene rings is 2. The van der Waals surface area contributed by atoms with Crippen molar-refractivity contribution in [2.45, 2.75) is 44.5 Å². The van der Waals surface area contributed by atoms with E-state index >= 15 is 0 Å². The van der Waals surface area contributed by atoms with E-state index in [4.69, 9.17) is 10.5 Å². The summed E-state index contributed by atoms with van der Waals surface area (Å²) in [6, 6.07) is 15.1. The average Bonchev–Trinajstić information content (AvgIpc) is 3.41. The largest absolute Gasteiger partial charge is 0.445 e. The summed E-state index contributed by atoms with van der Waals surface area (Å²) in [5, 5.41) is 7.72. The highest BCUT2D eigenvalue weighted by atomic mass is 16.5. The van der Waals surface area contributed by atoms with Gasteiger partial charge < -0.3 is 31.4 Å². The summed E-state index contributed by atoms with van der Waals surface area (Å²) >= 11 is 0. The highest BCUT2D eigenvalue weighted by Gasteiger charge is 2.28. The number of primary amides is 1. The molecule has 0 aliphatic carbocycles. The second-order valence-electron chi connectivity index (χ2n) is 8.42. The lowest BCUT2D eigenvalue weighted by molar-refractivity contribution is -0.131. The predicted octanol–water partition coefficient (Wildman–Crippen LogP) is 0.965. The van der Waals surface area contributed by atoms with E-state index in [1.54, 1.807) is 0 Å². The van der Waals surface area contributed by atoms with Crippen LogP contribution < -0.4 is 21.7 Å². The molecule has 11 nitrogen and oxygen atoms in total. The third-order valence-corrected chi connectivity index (χ3v) is 5.49. The zero-order chi connectivity index (χ0) is 26.6. The van der Waals surface area contributed by atoms with Crippen LogP contribution in [0.15, 0.2) is 73.2 Å². The van der Waals surface area contributed by atoms with Crippen molar-refractivity contribution in [2.24, 2.45) is 5.73 Å². The van der Waals surface area contributed by atoms with Crippen molar-refractivity contribution in [1.29, 1.82) is 0 Å². The maximum atomic E-state index is 13.2. The standard InChI is InChI=1S/C26H30N6O5/c1-17(30-26(36)37-15-19-10-6-3-7-11-19)24(34)32-22(12-18-8-4-2-5-9-18)25(35)31-21(23(27)33)13-20-14-28-16-29-20/h2-11,14,16-17,21-22H,12-13,15H2,1H3,(H2,27,33)(H,28,29)(H,30,36)(H,31,35)(H,32,34)/t17-,21-,22-/m0/s1. The fraction of sp³-hybridized carbons (Fsp3) is 0.269. The Kier molecular flexibility index (Phi) is 9.77. The summed E-state index contributed by atoms with van der Waals surface area (Å²) in [7, 11) is 0. The van der Waals surface area contributed by atoms with Crippen molar-refractivity contribution < 1.29 is 23.9 Å². The molecule has 0 aliphatic heterocycles. The summed E-state index contributed by atoms with van der Waals surface area (Å²) in [5.74, 6) is -1.93. The number of nitrogens with two attached hydrogens (primary N) is 1. The van der Waals surface area contributed by atoms with Gasteiger partial charge in [0.15, 0.2) is 0 Å². The molecule has 37 heavy (non-hydrogen) atoms. The Balaban J connectivity index is 1.63. The monoisotopic (exact) mass is 506 g/mol. The molecule has 3 aromatic rings. The minimum absolute atomic E-state index is 0.0465.